The first-order valence-corrected chi connectivity index (χ1v) is 12.5. The van der Waals surface area contributed by atoms with Gasteiger partial charge in [0.15, 0.2) is 0 Å². The molecule has 178 valence electrons. The van der Waals surface area contributed by atoms with Gasteiger partial charge in [0.25, 0.3) is 11.8 Å². The Morgan fingerprint density at radius 3 is 2.52 bits per heavy atom. The zero-order chi connectivity index (χ0) is 23.8. The van der Waals surface area contributed by atoms with Crippen LogP contribution in [0, 0.1) is 5.82 Å². The predicted molar refractivity (Wildman–Crippen MR) is 117 cm³/mol. The summed E-state index contributed by atoms with van der Waals surface area (Å²) in [5.41, 5.74) is 1.91. The van der Waals surface area contributed by atoms with Crippen LogP contribution in [-0.2, 0) is 26.0 Å². The van der Waals surface area contributed by atoms with Gasteiger partial charge >= 0.3 is 0 Å². The first kappa shape index (κ1) is 23.7. The summed E-state index contributed by atoms with van der Waals surface area (Å²) in [6, 6.07) is 10.0. The van der Waals surface area contributed by atoms with Crippen molar-refractivity contribution in [3.63, 3.8) is 0 Å². The molecule has 2 aliphatic heterocycles. The van der Waals surface area contributed by atoms with Crippen LogP contribution >= 0.6 is 0 Å². The molecule has 2 aromatic carbocycles. The maximum absolute atomic E-state index is 15.0. The van der Waals surface area contributed by atoms with Crippen molar-refractivity contribution in [2.45, 2.75) is 43.4 Å². The van der Waals surface area contributed by atoms with Crippen molar-refractivity contribution in [1.29, 1.82) is 0 Å². The number of carbonyl (C=O) groups is 1. The molecular weight excluding hydrogens is 457 g/mol. The van der Waals surface area contributed by atoms with Crippen molar-refractivity contribution >= 4 is 15.9 Å². The van der Waals surface area contributed by atoms with Gasteiger partial charge in [0, 0.05) is 6.61 Å². The third kappa shape index (κ3) is 5.39. The molecule has 2 saturated heterocycles. The lowest BCUT2D eigenvalue weighted by atomic mass is 9.96. The number of alkyl halides is 2. The molecule has 0 aliphatic carbocycles. The van der Waals surface area contributed by atoms with E-state index in [1.165, 1.54) is 12.1 Å². The molecule has 0 spiro atoms. The maximum Gasteiger partial charge on any atom is 0.283 e. The summed E-state index contributed by atoms with van der Waals surface area (Å²) >= 11 is 0. The van der Waals surface area contributed by atoms with Gasteiger partial charge in [-0.05, 0) is 48.1 Å². The van der Waals surface area contributed by atoms with E-state index in [1.54, 1.807) is 36.4 Å². The summed E-state index contributed by atoms with van der Waals surface area (Å²) in [7, 11) is -3.97. The molecule has 3 atom stereocenters. The molecular formula is C23H25F3N2O4S. The van der Waals surface area contributed by atoms with Crippen LogP contribution in [0.5, 0.6) is 0 Å². The number of hydrogen-bond donors (Lipinski definition) is 1. The second kappa shape index (κ2) is 9.08. The third-order valence-corrected chi connectivity index (χ3v) is 6.66. The van der Waals surface area contributed by atoms with Gasteiger partial charge in [-0.3, -0.25) is 4.79 Å². The fourth-order valence-corrected chi connectivity index (χ4v) is 5.30. The molecule has 33 heavy (non-hydrogen) atoms. The Labute approximate surface area is 190 Å². The molecule has 10 heteroatoms. The minimum Gasteiger partial charge on any atom is -0.368 e. The van der Waals surface area contributed by atoms with E-state index in [4.69, 9.17) is 4.74 Å². The number of nitrogens with zero attached hydrogens (tertiary/aromatic N) is 1. The van der Waals surface area contributed by atoms with Gasteiger partial charge in [-0.1, -0.05) is 36.4 Å². The summed E-state index contributed by atoms with van der Waals surface area (Å²) in [4.78, 5) is 14.1. The third-order valence-electron chi connectivity index (χ3n) is 5.98. The molecule has 0 saturated carbocycles. The lowest BCUT2D eigenvalue weighted by molar-refractivity contribution is -0.143. The summed E-state index contributed by atoms with van der Waals surface area (Å²) in [5.74, 6) is -4.42. The van der Waals surface area contributed by atoms with Crippen LogP contribution in [0.1, 0.15) is 18.4 Å². The Hall–Kier alpha value is -2.43. The van der Waals surface area contributed by atoms with E-state index in [9.17, 15) is 26.4 Å². The largest absolute Gasteiger partial charge is 0.368 e. The monoisotopic (exact) mass is 482 g/mol. The number of halogens is 3. The highest BCUT2D eigenvalue weighted by Crippen LogP contribution is 2.36. The smallest absolute Gasteiger partial charge is 0.283 e. The van der Waals surface area contributed by atoms with E-state index in [0.717, 1.165) is 11.2 Å². The number of ether oxygens (including phenoxy) is 1. The van der Waals surface area contributed by atoms with Gasteiger partial charge < -0.3 is 9.64 Å². The van der Waals surface area contributed by atoms with E-state index >= 15 is 0 Å². The van der Waals surface area contributed by atoms with Crippen LogP contribution in [0.4, 0.5) is 13.2 Å². The number of hydrogen-bond acceptors (Lipinski definition) is 4. The number of nitrogens with one attached hydrogen (secondary N) is 1. The van der Waals surface area contributed by atoms with Crippen LogP contribution < -0.4 is 4.72 Å². The van der Waals surface area contributed by atoms with Gasteiger partial charge in [-0.2, -0.15) is 0 Å². The summed E-state index contributed by atoms with van der Waals surface area (Å²) in [6.07, 6.45) is 1.09. The van der Waals surface area contributed by atoms with E-state index in [-0.39, 0.29) is 6.42 Å². The lowest BCUT2D eigenvalue weighted by Gasteiger charge is -2.29. The van der Waals surface area contributed by atoms with Gasteiger partial charge in [0.1, 0.15) is 18.0 Å². The minimum atomic E-state index is -3.97. The Morgan fingerprint density at radius 2 is 1.88 bits per heavy atom. The van der Waals surface area contributed by atoms with Crippen molar-refractivity contribution in [3.05, 3.63) is 59.9 Å². The van der Waals surface area contributed by atoms with Gasteiger partial charge in [0.05, 0.1) is 18.8 Å². The lowest BCUT2D eigenvalue weighted by Crippen LogP contribution is -2.52. The normalized spacial score (nSPS) is 24.8. The molecule has 2 aromatic rings. The van der Waals surface area contributed by atoms with Crippen LogP contribution in [-0.4, -0.2) is 62.7 Å². The quantitative estimate of drug-likeness (QED) is 0.687. The molecule has 6 nitrogen and oxygen atoms in total. The number of benzene rings is 2. The van der Waals surface area contributed by atoms with Crippen molar-refractivity contribution in [3.8, 4) is 11.1 Å². The fraction of sp³-hybridized carbons (Fsp3) is 0.435. The van der Waals surface area contributed by atoms with E-state index in [0.29, 0.717) is 36.1 Å². The first-order valence-electron chi connectivity index (χ1n) is 10.7. The van der Waals surface area contributed by atoms with Crippen LogP contribution in [0.15, 0.2) is 48.5 Å². The molecule has 0 aromatic heterocycles. The SMILES string of the molecule is CS(=O)(=O)N[C@@H]1[C@H](Cc2cccc(-c3cccc(F)c3)c2)N(C(=O)[C@H]2CCCO2)CC1(F)F. The van der Waals surface area contributed by atoms with E-state index in [1.807, 2.05) is 4.72 Å². The number of amides is 1. The molecule has 0 bridgehead atoms. The van der Waals surface area contributed by atoms with Crippen LogP contribution in [0.3, 0.4) is 0 Å². The molecule has 1 amide bonds. The highest BCUT2D eigenvalue weighted by atomic mass is 32.2. The summed E-state index contributed by atoms with van der Waals surface area (Å²) in [6.45, 7) is -0.515. The number of sulfonamides is 1. The van der Waals surface area contributed by atoms with Crippen molar-refractivity contribution < 1.29 is 31.1 Å². The van der Waals surface area contributed by atoms with Crippen molar-refractivity contribution in [1.82, 2.24) is 9.62 Å². The highest BCUT2D eigenvalue weighted by molar-refractivity contribution is 7.88. The van der Waals surface area contributed by atoms with Gasteiger partial charge in [-0.15, -0.1) is 0 Å². The maximum atomic E-state index is 15.0. The van der Waals surface area contributed by atoms with Crippen molar-refractivity contribution in [2.24, 2.45) is 0 Å². The molecule has 0 unspecified atom stereocenters. The molecule has 1 N–H and O–H groups in total. The molecule has 2 heterocycles. The zero-order valence-corrected chi connectivity index (χ0v) is 18.8. The number of carbonyl (C=O) groups excluding carboxylic acids is 1. The van der Waals surface area contributed by atoms with Crippen LogP contribution in [0.2, 0.25) is 0 Å². The average Bonchev–Trinajstić information content (AvgIpc) is 3.35. The molecule has 4 rings (SSSR count). The van der Waals surface area contributed by atoms with Crippen molar-refractivity contribution in [2.75, 3.05) is 19.4 Å². The van der Waals surface area contributed by atoms with E-state index in [2.05, 4.69) is 0 Å². The molecule has 0 radical (unpaired) electrons. The Balaban J connectivity index is 1.67. The second-order valence-electron chi connectivity index (χ2n) is 8.58. The zero-order valence-electron chi connectivity index (χ0n) is 18.0. The fourth-order valence-electron chi connectivity index (χ4n) is 4.51. The van der Waals surface area contributed by atoms with Gasteiger partial charge in [0.2, 0.25) is 10.0 Å². The molecule has 2 fully saturated rings. The Morgan fingerprint density at radius 1 is 1.18 bits per heavy atom. The average molecular weight is 483 g/mol. The molecule has 2 aliphatic rings. The topological polar surface area (TPSA) is 75.7 Å². The Bertz CT molecular complexity index is 1140. The highest BCUT2D eigenvalue weighted by Gasteiger charge is 2.57. The van der Waals surface area contributed by atoms with Crippen LogP contribution in [0.25, 0.3) is 11.1 Å². The number of likely N-dealkylation sites (tertiary alicyclic amines) is 1. The number of rotatable bonds is 6. The van der Waals surface area contributed by atoms with Gasteiger partial charge in [-0.25, -0.2) is 26.3 Å². The minimum absolute atomic E-state index is 0.00953. The van der Waals surface area contributed by atoms with E-state index < -0.39 is 52.4 Å². The summed E-state index contributed by atoms with van der Waals surface area (Å²) in [5, 5.41) is 0. The first-order chi connectivity index (χ1) is 15.5. The second-order valence-corrected chi connectivity index (χ2v) is 10.4. The summed E-state index contributed by atoms with van der Waals surface area (Å²) < 4.78 is 74.8. The predicted octanol–water partition coefficient (Wildman–Crippen LogP) is 2.98. The Kier molecular flexibility index (Phi) is 6.52. The standard InChI is InChI=1S/C23H25F3N2O4S/c1-33(30,31)27-21-19(28(14-23(21,25)26)22(29)20-9-4-10-32-20)12-15-5-2-6-16(11-15)17-7-3-8-18(24)13-17/h2-3,5-8,11,13,19-21,27H,4,9-10,12,14H2,1H3/t19-,20+,21+/m0/s1.